The Morgan fingerprint density at radius 3 is 2.61 bits per heavy atom. The van der Waals surface area contributed by atoms with Gasteiger partial charge in [-0.2, -0.15) is 0 Å². The molecule has 0 bridgehead atoms. The second-order valence-electron chi connectivity index (χ2n) is 4.30. The van der Waals surface area contributed by atoms with E-state index >= 15 is 0 Å². The molecule has 1 aromatic heterocycles. The molecule has 0 fully saturated rings. The van der Waals surface area contributed by atoms with E-state index in [1.807, 2.05) is 13.8 Å². The van der Waals surface area contributed by atoms with E-state index in [1.54, 1.807) is 13.0 Å². The number of amides is 1. The lowest BCUT2D eigenvalue weighted by Crippen LogP contribution is -2.32. The van der Waals surface area contributed by atoms with Crippen molar-refractivity contribution in [1.82, 2.24) is 10.1 Å². The standard InChI is InChI=1S/C12H18N2O4/c1-4-14(6-5-11(15)16)12(17)10-7-9(8(2)3)13-18-10/h7-8H,4-6H2,1-3H3,(H,15,16). The highest BCUT2D eigenvalue weighted by molar-refractivity contribution is 5.91. The van der Waals surface area contributed by atoms with Gasteiger partial charge in [0.15, 0.2) is 0 Å². The quantitative estimate of drug-likeness (QED) is 0.835. The minimum atomic E-state index is -0.929. The molecular weight excluding hydrogens is 236 g/mol. The maximum absolute atomic E-state index is 12.0. The van der Waals surface area contributed by atoms with Crippen LogP contribution in [0.2, 0.25) is 0 Å². The van der Waals surface area contributed by atoms with E-state index in [2.05, 4.69) is 5.16 Å². The van der Waals surface area contributed by atoms with Crippen LogP contribution in [0, 0.1) is 0 Å². The van der Waals surface area contributed by atoms with E-state index in [1.165, 1.54) is 4.90 Å². The van der Waals surface area contributed by atoms with Gasteiger partial charge in [-0.25, -0.2) is 0 Å². The molecule has 1 amide bonds. The number of aromatic nitrogens is 1. The van der Waals surface area contributed by atoms with Crippen molar-refractivity contribution in [2.75, 3.05) is 13.1 Å². The van der Waals surface area contributed by atoms with Crippen molar-refractivity contribution in [3.05, 3.63) is 17.5 Å². The summed E-state index contributed by atoms with van der Waals surface area (Å²) in [5, 5.41) is 12.4. The largest absolute Gasteiger partial charge is 0.481 e. The molecule has 0 aliphatic carbocycles. The van der Waals surface area contributed by atoms with E-state index < -0.39 is 5.97 Å². The van der Waals surface area contributed by atoms with Gasteiger partial charge in [0.25, 0.3) is 5.91 Å². The first-order valence-corrected chi connectivity index (χ1v) is 5.93. The lowest BCUT2D eigenvalue weighted by molar-refractivity contribution is -0.137. The third-order valence-electron chi connectivity index (χ3n) is 2.60. The highest BCUT2D eigenvalue weighted by Gasteiger charge is 2.20. The van der Waals surface area contributed by atoms with Gasteiger partial charge in [0.2, 0.25) is 5.76 Å². The van der Waals surface area contributed by atoms with Gasteiger partial charge in [-0.05, 0) is 12.8 Å². The fourth-order valence-corrected chi connectivity index (χ4v) is 1.45. The normalized spacial score (nSPS) is 10.7. The molecule has 6 nitrogen and oxygen atoms in total. The second-order valence-corrected chi connectivity index (χ2v) is 4.30. The summed E-state index contributed by atoms with van der Waals surface area (Å²) in [5.74, 6) is -0.907. The van der Waals surface area contributed by atoms with Crippen LogP contribution in [-0.4, -0.2) is 40.1 Å². The van der Waals surface area contributed by atoms with E-state index in [0.717, 1.165) is 0 Å². The molecule has 0 aliphatic heterocycles. The SMILES string of the molecule is CCN(CCC(=O)O)C(=O)c1cc(C(C)C)no1. The summed E-state index contributed by atoms with van der Waals surface area (Å²) >= 11 is 0. The van der Waals surface area contributed by atoms with E-state index in [-0.39, 0.29) is 30.6 Å². The molecular formula is C12H18N2O4. The molecule has 0 aliphatic rings. The Hall–Kier alpha value is -1.85. The summed E-state index contributed by atoms with van der Waals surface area (Å²) < 4.78 is 4.99. The van der Waals surface area contributed by atoms with E-state index in [9.17, 15) is 9.59 Å². The van der Waals surface area contributed by atoms with Gasteiger partial charge in [-0.1, -0.05) is 19.0 Å². The van der Waals surface area contributed by atoms with Crippen LogP contribution in [0.3, 0.4) is 0 Å². The maximum atomic E-state index is 12.0. The van der Waals surface area contributed by atoms with Crippen molar-refractivity contribution in [2.45, 2.75) is 33.1 Å². The topological polar surface area (TPSA) is 83.6 Å². The van der Waals surface area contributed by atoms with Crippen molar-refractivity contribution in [3.8, 4) is 0 Å². The molecule has 0 aromatic carbocycles. The average molecular weight is 254 g/mol. The van der Waals surface area contributed by atoms with E-state index in [4.69, 9.17) is 9.63 Å². The molecule has 0 saturated heterocycles. The number of carboxylic acid groups (broad SMARTS) is 1. The zero-order valence-corrected chi connectivity index (χ0v) is 10.8. The fourth-order valence-electron chi connectivity index (χ4n) is 1.45. The molecule has 6 heteroatoms. The first-order valence-electron chi connectivity index (χ1n) is 5.93. The molecule has 0 radical (unpaired) electrons. The van der Waals surface area contributed by atoms with Crippen molar-refractivity contribution in [3.63, 3.8) is 0 Å². The first-order chi connectivity index (χ1) is 8.45. The summed E-state index contributed by atoms with van der Waals surface area (Å²) in [4.78, 5) is 24.0. The molecule has 1 rings (SSSR count). The van der Waals surface area contributed by atoms with Crippen molar-refractivity contribution in [2.24, 2.45) is 0 Å². The predicted octanol–water partition coefficient (Wildman–Crippen LogP) is 1.73. The van der Waals surface area contributed by atoms with Crippen LogP contribution in [0.15, 0.2) is 10.6 Å². The Bertz CT molecular complexity index is 425. The Labute approximate surface area is 106 Å². The number of carboxylic acids is 1. The van der Waals surface area contributed by atoms with Gasteiger partial charge in [0.1, 0.15) is 0 Å². The lowest BCUT2D eigenvalue weighted by Gasteiger charge is -2.17. The average Bonchev–Trinajstić information content (AvgIpc) is 2.78. The number of aliphatic carboxylic acids is 1. The molecule has 1 N–H and O–H groups in total. The number of carbonyl (C=O) groups is 2. The molecule has 1 aromatic rings. The van der Waals surface area contributed by atoms with Crippen LogP contribution in [0.25, 0.3) is 0 Å². The van der Waals surface area contributed by atoms with Crippen molar-refractivity contribution in [1.29, 1.82) is 0 Å². The summed E-state index contributed by atoms with van der Waals surface area (Å²) in [5.41, 5.74) is 0.715. The Morgan fingerprint density at radius 1 is 1.50 bits per heavy atom. The predicted molar refractivity (Wildman–Crippen MR) is 64.4 cm³/mol. The zero-order chi connectivity index (χ0) is 13.7. The fraction of sp³-hybridized carbons (Fsp3) is 0.583. The summed E-state index contributed by atoms with van der Waals surface area (Å²) in [6, 6.07) is 1.61. The van der Waals surface area contributed by atoms with Gasteiger partial charge in [0, 0.05) is 19.2 Å². The van der Waals surface area contributed by atoms with E-state index in [0.29, 0.717) is 12.2 Å². The molecule has 100 valence electrons. The summed E-state index contributed by atoms with van der Waals surface area (Å²) in [6.45, 7) is 6.30. The molecule has 18 heavy (non-hydrogen) atoms. The lowest BCUT2D eigenvalue weighted by atomic mass is 10.1. The van der Waals surface area contributed by atoms with Crippen LogP contribution >= 0.6 is 0 Å². The van der Waals surface area contributed by atoms with Crippen LogP contribution in [0.1, 0.15) is 49.4 Å². The second kappa shape index (κ2) is 6.18. The monoisotopic (exact) mass is 254 g/mol. The number of rotatable bonds is 6. The molecule has 0 unspecified atom stereocenters. The minimum Gasteiger partial charge on any atom is -0.481 e. The van der Waals surface area contributed by atoms with Gasteiger partial charge in [-0.3, -0.25) is 9.59 Å². The van der Waals surface area contributed by atoms with Gasteiger partial charge in [-0.15, -0.1) is 0 Å². The number of hydrogen-bond donors (Lipinski definition) is 1. The smallest absolute Gasteiger partial charge is 0.305 e. The molecule has 0 atom stereocenters. The Morgan fingerprint density at radius 2 is 2.17 bits per heavy atom. The summed E-state index contributed by atoms with van der Waals surface area (Å²) in [6.07, 6.45) is -0.0786. The van der Waals surface area contributed by atoms with Crippen molar-refractivity contribution < 1.29 is 19.2 Å². The third-order valence-corrected chi connectivity index (χ3v) is 2.60. The minimum absolute atomic E-state index is 0.0786. The molecule has 0 saturated carbocycles. The molecule has 0 spiro atoms. The van der Waals surface area contributed by atoms with Gasteiger partial charge >= 0.3 is 5.97 Å². The third kappa shape index (κ3) is 3.58. The van der Waals surface area contributed by atoms with Crippen molar-refractivity contribution >= 4 is 11.9 Å². The highest BCUT2D eigenvalue weighted by atomic mass is 16.5. The molecule has 1 heterocycles. The van der Waals surface area contributed by atoms with Crippen LogP contribution in [0.4, 0.5) is 0 Å². The Kier molecular flexibility index (Phi) is 4.88. The van der Waals surface area contributed by atoms with Crippen LogP contribution in [0.5, 0.6) is 0 Å². The van der Waals surface area contributed by atoms with Crippen LogP contribution in [-0.2, 0) is 4.79 Å². The summed E-state index contributed by atoms with van der Waals surface area (Å²) in [7, 11) is 0. The zero-order valence-electron chi connectivity index (χ0n) is 10.8. The number of nitrogens with zero attached hydrogens (tertiary/aromatic N) is 2. The van der Waals surface area contributed by atoms with Crippen LogP contribution < -0.4 is 0 Å². The van der Waals surface area contributed by atoms with Gasteiger partial charge in [0.05, 0.1) is 12.1 Å². The highest BCUT2D eigenvalue weighted by Crippen LogP contribution is 2.15. The van der Waals surface area contributed by atoms with Gasteiger partial charge < -0.3 is 14.5 Å². The maximum Gasteiger partial charge on any atom is 0.305 e. The number of carbonyl (C=O) groups excluding carboxylic acids is 1. The number of hydrogen-bond acceptors (Lipinski definition) is 4. The first kappa shape index (κ1) is 14.2. The Balaban J connectivity index is 2.73.